The topological polar surface area (TPSA) is 100 Å². The predicted octanol–water partition coefficient (Wildman–Crippen LogP) is 6.59. The number of benzene rings is 1. The predicted molar refractivity (Wildman–Crippen MR) is 147 cm³/mol. The summed E-state index contributed by atoms with van der Waals surface area (Å²) in [6, 6.07) is 12.0. The number of unbranched alkanes of at least 4 members (excludes halogenated alkanes) is 1. The Balaban J connectivity index is 1.52. The van der Waals surface area contributed by atoms with Crippen LogP contribution in [0.25, 0.3) is 11.3 Å². The van der Waals surface area contributed by atoms with Crippen molar-refractivity contribution in [2.24, 2.45) is 44.1 Å². The summed E-state index contributed by atoms with van der Waals surface area (Å²) in [7, 11) is 0. The van der Waals surface area contributed by atoms with E-state index in [1.807, 2.05) is 36.5 Å². The molecule has 7 heteroatoms. The van der Waals surface area contributed by atoms with Crippen molar-refractivity contribution in [2.45, 2.75) is 58.4 Å². The lowest BCUT2D eigenvalue weighted by Gasteiger charge is -2.30. The van der Waals surface area contributed by atoms with Crippen molar-refractivity contribution in [1.29, 1.82) is 0 Å². The minimum absolute atomic E-state index is 0.435. The number of allylic oxidation sites excluding steroid dienone is 3. The van der Waals surface area contributed by atoms with Gasteiger partial charge in [0.15, 0.2) is 0 Å². The Morgan fingerprint density at radius 2 is 2.06 bits per heavy atom. The summed E-state index contributed by atoms with van der Waals surface area (Å²) >= 11 is 0. The molecular weight excluding hydrogens is 446 g/mol. The number of nitrogens with one attached hydrogen (secondary N) is 1. The van der Waals surface area contributed by atoms with Crippen LogP contribution in [0.4, 0.5) is 0 Å². The van der Waals surface area contributed by atoms with Gasteiger partial charge < -0.3 is 11.2 Å². The van der Waals surface area contributed by atoms with Crippen LogP contribution in [0.1, 0.15) is 63.0 Å². The molecule has 2 atom stereocenters. The summed E-state index contributed by atoms with van der Waals surface area (Å²) in [6.07, 6.45) is 16.5. The molecule has 0 amide bonds. The molecule has 0 spiro atoms. The van der Waals surface area contributed by atoms with E-state index in [9.17, 15) is 0 Å². The summed E-state index contributed by atoms with van der Waals surface area (Å²) in [4.78, 5) is 9.84. The second kappa shape index (κ2) is 12.9. The average Bonchev–Trinajstić information content (AvgIpc) is 3.76. The van der Waals surface area contributed by atoms with Crippen molar-refractivity contribution in [3.8, 4) is 11.3 Å². The van der Waals surface area contributed by atoms with E-state index < -0.39 is 0 Å². The molecule has 0 aliphatic heterocycles. The van der Waals surface area contributed by atoms with E-state index in [2.05, 4.69) is 52.6 Å². The summed E-state index contributed by atoms with van der Waals surface area (Å²) in [5, 5.41) is 14.1. The van der Waals surface area contributed by atoms with Gasteiger partial charge in [0.25, 0.3) is 0 Å². The average molecular weight is 484 g/mol. The van der Waals surface area contributed by atoms with Crippen molar-refractivity contribution < 1.29 is 0 Å². The van der Waals surface area contributed by atoms with Crippen molar-refractivity contribution in [2.75, 3.05) is 0 Å². The number of amidine groups is 1. The zero-order valence-corrected chi connectivity index (χ0v) is 21.2. The third-order valence-electron chi connectivity index (χ3n) is 6.92. The Bertz CT molecular complexity index is 1130. The molecular formula is C29H37N7. The smallest absolute Gasteiger partial charge is 0.105 e. The molecule has 0 bridgehead atoms. The van der Waals surface area contributed by atoms with Crippen LogP contribution in [-0.2, 0) is 6.54 Å². The van der Waals surface area contributed by atoms with E-state index in [1.165, 1.54) is 12.8 Å². The Kier molecular flexibility index (Phi) is 9.14. The van der Waals surface area contributed by atoms with E-state index in [4.69, 9.17) is 15.8 Å². The number of hydrogen-bond donors (Lipinski definition) is 2. The van der Waals surface area contributed by atoms with Crippen LogP contribution in [0.3, 0.4) is 0 Å². The van der Waals surface area contributed by atoms with Gasteiger partial charge in [0.2, 0.25) is 0 Å². The zero-order chi connectivity index (χ0) is 25.2. The number of aromatic nitrogens is 1. The van der Waals surface area contributed by atoms with Gasteiger partial charge in [-0.15, -0.1) is 5.10 Å². The second-order valence-electron chi connectivity index (χ2n) is 9.65. The molecule has 1 fully saturated rings. The lowest BCUT2D eigenvalue weighted by molar-refractivity contribution is 0.403. The lowest BCUT2D eigenvalue weighted by atomic mass is 9.80. The number of rotatable bonds is 11. The number of pyridine rings is 1. The molecule has 2 unspecified atom stereocenters. The highest BCUT2D eigenvalue weighted by Crippen LogP contribution is 2.44. The highest BCUT2D eigenvalue weighted by atomic mass is 15.5. The highest BCUT2D eigenvalue weighted by Gasteiger charge is 2.38. The molecule has 36 heavy (non-hydrogen) atoms. The number of hydrogen-bond acceptors (Lipinski definition) is 4. The van der Waals surface area contributed by atoms with Crippen molar-refractivity contribution in [3.63, 3.8) is 0 Å². The third-order valence-corrected chi connectivity index (χ3v) is 6.92. The molecule has 2 aliphatic carbocycles. The van der Waals surface area contributed by atoms with Crippen LogP contribution < -0.4 is 11.2 Å². The fraction of sp³-hybridized carbons (Fsp3) is 0.414. The molecule has 7 nitrogen and oxygen atoms in total. The fourth-order valence-electron chi connectivity index (χ4n) is 4.84. The normalized spacial score (nSPS) is 20.3. The minimum Gasteiger partial charge on any atom is -0.348 e. The molecule has 1 aromatic carbocycles. The lowest BCUT2D eigenvalue weighted by Crippen LogP contribution is -2.36. The van der Waals surface area contributed by atoms with Gasteiger partial charge in [-0.25, -0.2) is 0 Å². The van der Waals surface area contributed by atoms with Crippen molar-refractivity contribution >= 4 is 12.1 Å². The van der Waals surface area contributed by atoms with Gasteiger partial charge in [0, 0.05) is 28.9 Å². The first-order chi connectivity index (χ1) is 17.7. The first kappa shape index (κ1) is 25.5. The number of nitrogens with two attached hydrogens (primary N) is 1. The van der Waals surface area contributed by atoms with Gasteiger partial charge in [0.1, 0.15) is 5.84 Å². The standard InChI is InChI=1S/C29H37N7/c1-3-4-9-21(2)34-29(27-13-8-7-11-25(27)23-15-16-23)32-19-22-14-17-28(31-18-22)26-12-6-5-10-24(26)20-33-36-35-30/h5-7,10-12,14,17-18,20,23,25,27H,2-4,8-9,13,15-16,19H2,1H3,(H2,30,36)(H,32,34)/b33-20+. The van der Waals surface area contributed by atoms with E-state index in [0.29, 0.717) is 18.4 Å². The quantitative estimate of drug-likeness (QED) is 0.0941. The van der Waals surface area contributed by atoms with E-state index in [-0.39, 0.29) is 0 Å². The highest BCUT2D eigenvalue weighted by molar-refractivity contribution is 5.89. The summed E-state index contributed by atoms with van der Waals surface area (Å²) in [5.74, 6) is 7.96. The van der Waals surface area contributed by atoms with Gasteiger partial charge in [-0.3, -0.25) is 9.98 Å². The van der Waals surface area contributed by atoms with Crippen LogP contribution in [0.2, 0.25) is 0 Å². The Morgan fingerprint density at radius 3 is 2.81 bits per heavy atom. The third kappa shape index (κ3) is 6.97. The first-order valence-corrected chi connectivity index (χ1v) is 13.0. The number of aliphatic imine (C=N–C) groups is 1. The molecule has 1 saturated carbocycles. The van der Waals surface area contributed by atoms with E-state index in [0.717, 1.165) is 71.9 Å². The van der Waals surface area contributed by atoms with Crippen LogP contribution in [0, 0.1) is 17.8 Å². The zero-order valence-electron chi connectivity index (χ0n) is 21.2. The molecule has 3 N–H and O–H groups in total. The molecule has 0 radical (unpaired) electrons. The van der Waals surface area contributed by atoms with Gasteiger partial charge in [0.05, 0.1) is 18.5 Å². The monoisotopic (exact) mass is 483 g/mol. The van der Waals surface area contributed by atoms with Crippen LogP contribution in [-0.4, -0.2) is 17.0 Å². The maximum Gasteiger partial charge on any atom is 0.105 e. The molecule has 4 rings (SSSR count). The van der Waals surface area contributed by atoms with Crippen LogP contribution >= 0.6 is 0 Å². The number of nitrogens with zero attached hydrogens (tertiary/aromatic N) is 5. The van der Waals surface area contributed by atoms with Crippen LogP contribution in [0.15, 0.2) is 87.6 Å². The summed E-state index contributed by atoms with van der Waals surface area (Å²) in [6.45, 7) is 7.10. The molecule has 2 aromatic rings. The Hall–Kier alpha value is -3.61. The molecule has 0 saturated heterocycles. The van der Waals surface area contributed by atoms with Crippen LogP contribution in [0.5, 0.6) is 0 Å². The van der Waals surface area contributed by atoms with Gasteiger partial charge in [-0.1, -0.05) is 67.6 Å². The molecule has 1 heterocycles. The molecule has 188 valence electrons. The molecule has 1 aromatic heterocycles. The van der Waals surface area contributed by atoms with Gasteiger partial charge in [-0.05, 0) is 67.2 Å². The Morgan fingerprint density at radius 1 is 1.19 bits per heavy atom. The Labute approximate surface area is 214 Å². The van der Waals surface area contributed by atoms with Gasteiger partial charge in [-0.2, -0.15) is 0 Å². The van der Waals surface area contributed by atoms with Gasteiger partial charge >= 0.3 is 0 Å². The summed E-state index contributed by atoms with van der Waals surface area (Å²) < 4.78 is 0. The van der Waals surface area contributed by atoms with E-state index >= 15 is 0 Å². The minimum atomic E-state index is 0.435. The largest absolute Gasteiger partial charge is 0.348 e. The SMILES string of the molecule is C=C(CCCC)NC(=NCc1ccc(-c2ccccc2/C=N/N=N\N)nc1)C1CCC=CC1C1CC1. The first-order valence-electron chi connectivity index (χ1n) is 13.0. The van der Waals surface area contributed by atoms with Crippen molar-refractivity contribution in [1.82, 2.24) is 10.3 Å². The van der Waals surface area contributed by atoms with Crippen molar-refractivity contribution in [3.05, 3.63) is 78.1 Å². The summed E-state index contributed by atoms with van der Waals surface area (Å²) in [5.41, 5.74) is 4.89. The maximum absolute atomic E-state index is 5.11. The molecule has 2 aliphatic rings. The van der Waals surface area contributed by atoms with E-state index in [1.54, 1.807) is 6.21 Å². The fourth-order valence-corrected chi connectivity index (χ4v) is 4.84. The second-order valence-corrected chi connectivity index (χ2v) is 9.65. The maximum atomic E-state index is 5.11.